The van der Waals surface area contributed by atoms with E-state index in [4.69, 9.17) is 26.8 Å². The molecule has 2 rings (SSSR count). The molecule has 0 spiro atoms. The van der Waals surface area contributed by atoms with Crippen LogP contribution in [0, 0.1) is 0 Å². The minimum atomic E-state index is -0.671. The van der Waals surface area contributed by atoms with Gasteiger partial charge in [-0.1, -0.05) is 23.7 Å². The molecule has 1 heterocycles. The van der Waals surface area contributed by atoms with E-state index in [2.05, 4.69) is 5.32 Å². The first-order valence-corrected chi connectivity index (χ1v) is 6.47. The van der Waals surface area contributed by atoms with Crippen LogP contribution in [0.1, 0.15) is 18.0 Å². The van der Waals surface area contributed by atoms with Crippen molar-refractivity contribution in [1.82, 2.24) is 5.32 Å². The Labute approximate surface area is 129 Å². The first kappa shape index (κ1) is 17.0. The van der Waals surface area contributed by atoms with Gasteiger partial charge in [-0.3, -0.25) is 4.79 Å². The van der Waals surface area contributed by atoms with Crippen LogP contribution in [0.4, 0.5) is 0 Å². The number of carbonyl (C=O) groups is 1. The van der Waals surface area contributed by atoms with E-state index in [1.165, 1.54) is 7.11 Å². The highest BCUT2D eigenvalue weighted by Crippen LogP contribution is 2.37. The number of hydrogen-bond donors (Lipinski definition) is 2. The van der Waals surface area contributed by atoms with Crippen molar-refractivity contribution in [3.05, 3.63) is 28.8 Å². The summed E-state index contributed by atoms with van der Waals surface area (Å²) < 4.78 is 10.4. The largest absolute Gasteiger partial charge is 0.492 e. The van der Waals surface area contributed by atoms with Gasteiger partial charge in [0.05, 0.1) is 24.3 Å². The average Bonchev–Trinajstić information content (AvgIpc) is 2.40. The van der Waals surface area contributed by atoms with Crippen molar-refractivity contribution in [3.8, 4) is 5.75 Å². The van der Waals surface area contributed by atoms with E-state index in [9.17, 15) is 4.79 Å². The maximum atomic E-state index is 11.9. The molecule has 0 bridgehead atoms. The molecule has 1 aromatic rings. The van der Waals surface area contributed by atoms with Crippen molar-refractivity contribution in [2.45, 2.75) is 18.5 Å². The summed E-state index contributed by atoms with van der Waals surface area (Å²) in [5.74, 6) is 0.403. The van der Waals surface area contributed by atoms with E-state index in [1.807, 2.05) is 12.1 Å². The summed E-state index contributed by atoms with van der Waals surface area (Å²) in [6, 6.07) is 4.70. The van der Waals surface area contributed by atoms with Crippen LogP contribution >= 0.6 is 24.0 Å². The fraction of sp³-hybridized carbons (Fsp3) is 0.462. The van der Waals surface area contributed by atoms with Crippen molar-refractivity contribution in [2.75, 3.05) is 20.3 Å². The van der Waals surface area contributed by atoms with E-state index < -0.39 is 6.04 Å². The van der Waals surface area contributed by atoms with E-state index in [0.717, 1.165) is 5.56 Å². The third kappa shape index (κ3) is 3.76. The van der Waals surface area contributed by atoms with Gasteiger partial charge in [0.15, 0.2) is 0 Å². The molecule has 1 aliphatic rings. The molecule has 0 fully saturated rings. The lowest BCUT2D eigenvalue weighted by atomic mass is 10.00. The number of benzene rings is 1. The number of fused-ring (bicyclic) bond motifs is 1. The summed E-state index contributed by atoms with van der Waals surface area (Å²) in [7, 11) is 1.51. The Morgan fingerprint density at radius 3 is 3.10 bits per heavy atom. The van der Waals surface area contributed by atoms with Crippen molar-refractivity contribution in [2.24, 2.45) is 5.73 Å². The number of methoxy groups -OCH3 is 1. The maximum absolute atomic E-state index is 11.9. The van der Waals surface area contributed by atoms with E-state index in [0.29, 0.717) is 23.8 Å². The lowest BCUT2D eigenvalue weighted by molar-refractivity contribution is -0.124. The number of hydrogen-bond acceptors (Lipinski definition) is 4. The monoisotopic (exact) mass is 320 g/mol. The van der Waals surface area contributed by atoms with Gasteiger partial charge in [0.25, 0.3) is 0 Å². The zero-order valence-electron chi connectivity index (χ0n) is 11.1. The van der Waals surface area contributed by atoms with Gasteiger partial charge in [0.2, 0.25) is 5.91 Å². The van der Waals surface area contributed by atoms with Crippen LogP contribution in [-0.4, -0.2) is 32.3 Å². The second-order valence-electron chi connectivity index (χ2n) is 4.42. The van der Waals surface area contributed by atoms with Crippen LogP contribution in [0.2, 0.25) is 5.02 Å². The molecule has 2 unspecified atom stereocenters. The molecule has 1 aromatic carbocycles. The molecule has 5 nitrogen and oxygen atoms in total. The number of ether oxygens (including phenoxy) is 2. The van der Waals surface area contributed by atoms with Crippen LogP contribution in [0.15, 0.2) is 18.2 Å². The van der Waals surface area contributed by atoms with Crippen molar-refractivity contribution < 1.29 is 14.3 Å². The minimum Gasteiger partial charge on any atom is -0.492 e. The number of halogens is 2. The molecule has 3 N–H and O–H groups in total. The third-order valence-electron chi connectivity index (χ3n) is 3.03. The van der Waals surface area contributed by atoms with Gasteiger partial charge in [0.1, 0.15) is 11.8 Å². The Morgan fingerprint density at radius 2 is 2.40 bits per heavy atom. The highest BCUT2D eigenvalue weighted by atomic mass is 35.5. The standard InChI is InChI=1S/C13H17ClN2O3.ClH/c1-18-7-10(15)13(17)16-11-5-6-19-12-8(11)3-2-4-9(12)14;/h2-4,10-11H,5-7,15H2,1H3,(H,16,17);1H. The van der Waals surface area contributed by atoms with Gasteiger partial charge in [-0.25, -0.2) is 0 Å². The van der Waals surface area contributed by atoms with Crippen molar-refractivity contribution in [3.63, 3.8) is 0 Å². The summed E-state index contributed by atoms with van der Waals surface area (Å²) in [5, 5.41) is 3.46. The lowest BCUT2D eigenvalue weighted by Crippen LogP contribution is -2.45. The zero-order chi connectivity index (χ0) is 13.8. The molecule has 0 aliphatic carbocycles. The van der Waals surface area contributed by atoms with Crippen LogP contribution in [0.3, 0.4) is 0 Å². The fourth-order valence-electron chi connectivity index (χ4n) is 2.07. The molecule has 1 amide bonds. The Hall–Kier alpha value is -1.01. The minimum absolute atomic E-state index is 0. The van der Waals surface area contributed by atoms with Crippen molar-refractivity contribution >= 4 is 29.9 Å². The molecule has 1 aliphatic heterocycles. The highest BCUT2D eigenvalue weighted by Gasteiger charge is 2.26. The van der Waals surface area contributed by atoms with Gasteiger partial charge >= 0.3 is 0 Å². The van der Waals surface area contributed by atoms with Gasteiger partial charge < -0.3 is 20.5 Å². The molecule has 0 radical (unpaired) electrons. The zero-order valence-corrected chi connectivity index (χ0v) is 12.7. The molecule has 20 heavy (non-hydrogen) atoms. The Bertz CT molecular complexity index is 471. The quantitative estimate of drug-likeness (QED) is 0.885. The SMILES string of the molecule is COCC(N)C(=O)NC1CCOc2c(Cl)cccc21.Cl. The van der Waals surface area contributed by atoms with E-state index >= 15 is 0 Å². The first-order chi connectivity index (χ1) is 9.13. The van der Waals surface area contributed by atoms with Crippen LogP contribution < -0.4 is 15.8 Å². The van der Waals surface area contributed by atoms with Crippen LogP contribution in [0.5, 0.6) is 5.75 Å². The summed E-state index contributed by atoms with van der Waals surface area (Å²) in [5.41, 5.74) is 6.59. The average molecular weight is 321 g/mol. The molecule has 112 valence electrons. The number of nitrogens with one attached hydrogen (secondary N) is 1. The number of rotatable bonds is 4. The summed E-state index contributed by atoms with van der Waals surface area (Å²) >= 11 is 6.07. The molecule has 0 saturated heterocycles. The molecule has 7 heteroatoms. The number of carbonyl (C=O) groups excluding carboxylic acids is 1. The third-order valence-corrected chi connectivity index (χ3v) is 3.32. The second kappa shape index (κ2) is 7.69. The molecule has 0 aromatic heterocycles. The van der Waals surface area contributed by atoms with Gasteiger partial charge in [-0.2, -0.15) is 0 Å². The molecular formula is C13H18Cl2N2O3. The first-order valence-electron chi connectivity index (χ1n) is 6.09. The second-order valence-corrected chi connectivity index (χ2v) is 4.83. The smallest absolute Gasteiger partial charge is 0.239 e. The van der Waals surface area contributed by atoms with Gasteiger partial charge in [0, 0.05) is 19.1 Å². The number of amides is 1. The summed E-state index contributed by atoms with van der Waals surface area (Å²) in [6.07, 6.45) is 0.693. The molecular weight excluding hydrogens is 303 g/mol. The van der Waals surface area contributed by atoms with Crippen LogP contribution in [0.25, 0.3) is 0 Å². The maximum Gasteiger partial charge on any atom is 0.239 e. The Morgan fingerprint density at radius 1 is 1.65 bits per heavy atom. The van der Waals surface area contributed by atoms with Gasteiger partial charge in [-0.15, -0.1) is 12.4 Å². The number of nitrogens with two attached hydrogens (primary N) is 1. The van der Waals surface area contributed by atoms with Crippen molar-refractivity contribution in [1.29, 1.82) is 0 Å². The summed E-state index contributed by atoms with van der Waals surface area (Å²) in [4.78, 5) is 11.9. The number of para-hydroxylation sites is 1. The van der Waals surface area contributed by atoms with Gasteiger partial charge in [-0.05, 0) is 6.07 Å². The van der Waals surface area contributed by atoms with E-state index in [-0.39, 0.29) is 31.0 Å². The summed E-state index contributed by atoms with van der Waals surface area (Å²) in [6.45, 7) is 0.707. The topological polar surface area (TPSA) is 73.6 Å². The fourth-order valence-corrected chi connectivity index (χ4v) is 2.31. The van der Waals surface area contributed by atoms with E-state index in [1.54, 1.807) is 6.07 Å². The van der Waals surface area contributed by atoms with Crippen LogP contribution in [-0.2, 0) is 9.53 Å². The lowest BCUT2D eigenvalue weighted by Gasteiger charge is -2.28. The normalized spacial score (nSPS) is 18.2. The Balaban J connectivity index is 0.00000200. The predicted molar refractivity (Wildman–Crippen MR) is 79.5 cm³/mol. The Kier molecular flexibility index (Phi) is 6.55. The predicted octanol–water partition coefficient (Wildman–Crippen LogP) is 1.68. The molecule has 0 saturated carbocycles. The highest BCUT2D eigenvalue weighted by molar-refractivity contribution is 6.32. The molecule has 2 atom stereocenters.